The summed E-state index contributed by atoms with van der Waals surface area (Å²) in [5.74, 6) is -1.16. The number of carbonyl (C=O) groups excluding carboxylic acids is 3. The van der Waals surface area contributed by atoms with E-state index in [1.54, 1.807) is 24.5 Å². The molecule has 1 aliphatic heterocycles. The maximum atomic E-state index is 13.9. The van der Waals surface area contributed by atoms with Crippen LogP contribution in [0.1, 0.15) is 76.5 Å². The Morgan fingerprint density at radius 2 is 1.83 bits per heavy atom. The lowest BCUT2D eigenvalue weighted by molar-refractivity contribution is -0.147. The van der Waals surface area contributed by atoms with Crippen molar-refractivity contribution < 1.29 is 14.4 Å². The van der Waals surface area contributed by atoms with Crippen molar-refractivity contribution in [2.45, 2.75) is 82.8 Å². The molecule has 1 aliphatic carbocycles. The number of amides is 3. The number of aromatic nitrogens is 1. The summed E-state index contributed by atoms with van der Waals surface area (Å²) in [7, 11) is 0. The van der Waals surface area contributed by atoms with Gasteiger partial charge in [-0.1, -0.05) is 58.2 Å². The van der Waals surface area contributed by atoms with E-state index < -0.39 is 23.9 Å². The van der Waals surface area contributed by atoms with Gasteiger partial charge in [-0.15, -0.1) is 0 Å². The van der Waals surface area contributed by atoms with Gasteiger partial charge >= 0.3 is 0 Å². The van der Waals surface area contributed by atoms with E-state index in [9.17, 15) is 19.6 Å². The van der Waals surface area contributed by atoms with Crippen LogP contribution in [0.2, 0.25) is 0 Å². The Balaban J connectivity index is 1.77. The quantitative estimate of drug-likeness (QED) is 0.490. The molecule has 188 valence electrons. The number of hydrogen-bond donors (Lipinski definition) is 1. The zero-order valence-corrected chi connectivity index (χ0v) is 21.1. The maximum Gasteiger partial charge on any atom is 0.252 e. The molecule has 1 aromatic carbocycles. The molecule has 0 bridgehead atoms. The fraction of sp³-hybridized carbons (Fsp3) is 0.464. The van der Waals surface area contributed by atoms with Crippen LogP contribution in [0.15, 0.2) is 48.8 Å². The fourth-order valence-corrected chi connectivity index (χ4v) is 4.91. The topological polar surface area (TPSA) is 106 Å². The third kappa shape index (κ3) is 5.25. The summed E-state index contributed by atoms with van der Waals surface area (Å²) < 4.78 is 0. The van der Waals surface area contributed by atoms with Crippen molar-refractivity contribution in [2.24, 2.45) is 0 Å². The lowest BCUT2D eigenvalue weighted by atomic mass is 9.87. The number of nitriles is 1. The van der Waals surface area contributed by atoms with E-state index in [1.165, 1.54) is 4.90 Å². The largest absolute Gasteiger partial charge is 0.351 e. The molecular weight excluding hydrogens is 454 g/mol. The molecule has 0 radical (unpaired) electrons. The predicted octanol–water partition coefficient (Wildman–Crippen LogP) is 3.98. The molecule has 2 heterocycles. The monoisotopic (exact) mass is 487 g/mol. The molecule has 36 heavy (non-hydrogen) atoms. The van der Waals surface area contributed by atoms with Crippen LogP contribution in [0.3, 0.4) is 0 Å². The third-order valence-electron chi connectivity index (χ3n) is 7.05. The average molecular weight is 488 g/mol. The number of likely N-dealkylation sites (tertiary alicyclic amines) is 1. The van der Waals surface area contributed by atoms with Gasteiger partial charge in [0.05, 0.1) is 6.42 Å². The Bertz CT molecular complexity index is 1140. The third-order valence-corrected chi connectivity index (χ3v) is 7.05. The molecule has 4 rings (SSSR count). The number of anilines is 1. The normalized spacial score (nSPS) is 19.1. The summed E-state index contributed by atoms with van der Waals surface area (Å²) in [5, 5.41) is 12.6. The summed E-state index contributed by atoms with van der Waals surface area (Å²) in [4.78, 5) is 46.2. The number of β-lactam (4-membered cyclic amide) rings is 1. The summed E-state index contributed by atoms with van der Waals surface area (Å²) in [6.45, 7) is 6.31. The Hall–Kier alpha value is -3.73. The molecule has 0 spiro atoms. The lowest BCUT2D eigenvalue weighted by Gasteiger charge is -2.40. The van der Waals surface area contributed by atoms with E-state index in [2.05, 4.69) is 31.1 Å². The first-order valence-electron chi connectivity index (χ1n) is 12.6. The van der Waals surface area contributed by atoms with Crippen LogP contribution < -0.4 is 10.2 Å². The van der Waals surface area contributed by atoms with Crippen molar-refractivity contribution in [1.29, 1.82) is 5.26 Å². The van der Waals surface area contributed by atoms with Gasteiger partial charge in [0.25, 0.3) is 5.91 Å². The van der Waals surface area contributed by atoms with Crippen molar-refractivity contribution in [3.8, 4) is 6.19 Å². The minimum atomic E-state index is -0.996. The molecule has 8 heteroatoms. The van der Waals surface area contributed by atoms with Gasteiger partial charge < -0.3 is 5.32 Å². The number of nitrogens with one attached hydrogen (secondary N) is 1. The molecule has 8 nitrogen and oxygen atoms in total. The standard InChI is InChI=1S/C28H33N5O3/c1-28(2,3)20-11-13-22(14-12-20)33(27(36)23-16-24(34)32(23)18-29)25(19-8-7-15-30-17-19)26(35)31-21-9-5-4-6-10-21/h7-8,11-15,17,21,23,25H,4-6,9-10,16H2,1-3H3,(H,31,35). The van der Waals surface area contributed by atoms with E-state index in [4.69, 9.17) is 0 Å². The molecule has 1 saturated carbocycles. The molecule has 3 amide bonds. The highest BCUT2D eigenvalue weighted by molar-refractivity contribution is 6.09. The van der Waals surface area contributed by atoms with Crippen molar-refractivity contribution in [3.63, 3.8) is 0 Å². The number of pyridine rings is 1. The van der Waals surface area contributed by atoms with E-state index in [0.717, 1.165) is 42.6 Å². The number of benzene rings is 1. The van der Waals surface area contributed by atoms with Crippen LogP contribution in [-0.2, 0) is 19.8 Å². The summed E-state index contributed by atoms with van der Waals surface area (Å²) in [6, 6.07) is 9.17. The molecule has 1 aromatic heterocycles. The number of nitrogens with zero attached hydrogens (tertiary/aromatic N) is 4. The van der Waals surface area contributed by atoms with Crippen LogP contribution in [0.25, 0.3) is 0 Å². The van der Waals surface area contributed by atoms with Crippen LogP contribution >= 0.6 is 0 Å². The molecule has 1 N–H and O–H groups in total. The van der Waals surface area contributed by atoms with Crippen LogP contribution in [0.5, 0.6) is 0 Å². The SMILES string of the molecule is CC(C)(C)c1ccc(N(C(=O)C2CC(=O)N2C#N)C(C(=O)NC2CCCCC2)c2cccnc2)cc1. The molecular formula is C28H33N5O3. The molecule has 1 saturated heterocycles. The number of rotatable bonds is 6. The van der Waals surface area contributed by atoms with Gasteiger partial charge in [0.15, 0.2) is 6.19 Å². The minimum Gasteiger partial charge on any atom is -0.351 e. The molecule has 2 atom stereocenters. The highest BCUT2D eigenvalue weighted by Gasteiger charge is 2.47. The predicted molar refractivity (Wildman–Crippen MR) is 135 cm³/mol. The Morgan fingerprint density at radius 1 is 1.14 bits per heavy atom. The first-order chi connectivity index (χ1) is 17.2. The van der Waals surface area contributed by atoms with Gasteiger partial charge in [0, 0.05) is 29.7 Å². The second kappa shape index (κ2) is 10.5. The molecule has 2 aliphatic rings. The summed E-state index contributed by atoms with van der Waals surface area (Å²) in [5.41, 5.74) is 2.08. The van der Waals surface area contributed by atoms with E-state index in [1.807, 2.05) is 30.5 Å². The Labute approximate surface area is 212 Å². The molecule has 2 fully saturated rings. The van der Waals surface area contributed by atoms with Crippen LogP contribution in [0, 0.1) is 11.5 Å². The lowest BCUT2D eigenvalue weighted by Crippen LogP contribution is -2.60. The van der Waals surface area contributed by atoms with Gasteiger partial charge in [-0.2, -0.15) is 5.26 Å². The van der Waals surface area contributed by atoms with Crippen LogP contribution in [-0.4, -0.2) is 39.7 Å². The molecule has 2 unspecified atom stereocenters. The second-order valence-corrected chi connectivity index (χ2v) is 10.6. The number of hydrogen-bond acceptors (Lipinski definition) is 5. The zero-order valence-electron chi connectivity index (χ0n) is 21.1. The first-order valence-corrected chi connectivity index (χ1v) is 12.6. The second-order valence-electron chi connectivity index (χ2n) is 10.6. The maximum absolute atomic E-state index is 13.9. The van der Waals surface area contributed by atoms with Crippen LogP contribution in [0.4, 0.5) is 5.69 Å². The Kier molecular flexibility index (Phi) is 7.39. The van der Waals surface area contributed by atoms with E-state index in [0.29, 0.717) is 11.3 Å². The molecule has 2 aromatic rings. The van der Waals surface area contributed by atoms with Crippen molar-refractivity contribution in [2.75, 3.05) is 4.90 Å². The summed E-state index contributed by atoms with van der Waals surface area (Å²) in [6.07, 6.45) is 10.0. The highest BCUT2D eigenvalue weighted by Crippen LogP contribution is 2.34. The minimum absolute atomic E-state index is 0.0477. The smallest absolute Gasteiger partial charge is 0.252 e. The van der Waals surface area contributed by atoms with E-state index >= 15 is 0 Å². The average Bonchev–Trinajstić information content (AvgIpc) is 2.86. The number of carbonyl (C=O) groups is 3. The van der Waals surface area contributed by atoms with Crippen molar-refractivity contribution >= 4 is 23.4 Å². The van der Waals surface area contributed by atoms with Crippen molar-refractivity contribution in [3.05, 3.63) is 59.9 Å². The highest BCUT2D eigenvalue weighted by atomic mass is 16.2. The first kappa shape index (κ1) is 25.4. The van der Waals surface area contributed by atoms with Crippen molar-refractivity contribution in [1.82, 2.24) is 15.2 Å². The van der Waals surface area contributed by atoms with Gasteiger partial charge in [-0.3, -0.25) is 24.3 Å². The van der Waals surface area contributed by atoms with Gasteiger partial charge in [-0.25, -0.2) is 4.90 Å². The van der Waals surface area contributed by atoms with Gasteiger partial charge in [0.2, 0.25) is 11.8 Å². The van der Waals surface area contributed by atoms with E-state index in [-0.39, 0.29) is 23.8 Å². The fourth-order valence-electron chi connectivity index (χ4n) is 4.91. The Morgan fingerprint density at radius 3 is 2.39 bits per heavy atom. The summed E-state index contributed by atoms with van der Waals surface area (Å²) >= 11 is 0. The van der Waals surface area contributed by atoms with Gasteiger partial charge in [0.1, 0.15) is 12.1 Å². The zero-order chi connectivity index (χ0) is 25.9. The van der Waals surface area contributed by atoms with Gasteiger partial charge in [-0.05, 0) is 42.0 Å².